The fraction of sp³-hybridized carbons (Fsp3) is 0.429. The number of carbonyl (C=O) groups excluding carboxylic acids is 1. The highest BCUT2D eigenvalue weighted by Crippen LogP contribution is 2.32. The van der Waals surface area contributed by atoms with Crippen molar-refractivity contribution in [2.24, 2.45) is 0 Å². The molecule has 7 heteroatoms. The third kappa shape index (κ3) is 4.43. The predicted octanol–water partition coefficient (Wildman–Crippen LogP) is 2.00. The van der Waals surface area contributed by atoms with Crippen molar-refractivity contribution in [2.45, 2.75) is 19.5 Å². The summed E-state index contributed by atoms with van der Waals surface area (Å²) in [6.07, 6.45) is 1.83. The molecule has 1 aromatic carbocycles. The van der Waals surface area contributed by atoms with Gasteiger partial charge in [0.2, 0.25) is 5.91 Å². The molecule has 2 aliphatic rings. The van der Waals surface area contributed by atoms with Gasteiger partial charge in [-0.25, -0.2) is 0 Å². The maximum Gasteiger partial charge on any atom is 0.241 e. The molecule has 0 aliphatic carbocycles. The molecule has 1 aromatic heterocycles. The van der Waals surface area contributed by atoms with Crippen LogP contribution in [0.3, 0.4) is 0 Å². The van der Waals surface area contributed by atoms with Crippen LogP contribution in [0.2, 0.25) is 0 Å². The SMILES string of the molecule is CC(C(=O)Nc1ccc2c(c1)OCCO2)N1CCN(Cc2ccccn2)CC1. The molecule has 28 heavy (non-hydrogen) atoms. The summed E-state index contributed by atoms with van der Waals surface area (Å²) in [5, 5.41) is 3.00. The Balaban J connectivity index is 1.29. The number of fused-ring (bicyclic) bond motifs is 1. The molecule has 0 spiro atoms. The molecular formula is C21H26N4O3. The van der Waals surface area contributed by atoms with Gasteiger partial charge in [0.05, 0.1) is 11.7 Å². The second kappa shape index (κ2) is 8.58. The molecule has 1 unspecified atom stereocenters. The minimum atomic E-state index is -0.190. The first kappa shape index (κ1) is 18.7. The summed E-state index contributed by atoms with van der Waals surface area (Å²) < 4.78 is 11.1. The number of nitrogens with one attached hydrogen (secondary N) is 1. The number of hydrogen-bond acceptors (Lipinski definition) is 6. The van der Waals surface area contributed by atoms with Gasteiger partial charge in [0, 0.05) is 50.7 Å². The Bertz CT molecular complexity index is 807. The molecule has 148 valence electrons. The normalized spacial score (nSPS) is 18.5. The van der Waals surface area contributed by atoms with Gasteiger partial charge in [0.1, 0.15) is 13.2 Å². The van der Waals surface area contributed by atoms with E-state index in [9.17, 15) is 4.79 Å². The molecule has 3 heterocycles. The van der Waals surface area contributed by atoms with Crippen LogP contribution in [0.25, 0.3) is 0 Å². The van der Waals surface area contributed by atoms with E-state index in [0.717, 1.165) is 49.9 Å². The molecule has 2 aliphatic heterocycles. The van der Waals surface area contributed by atoms with E-state index in [4.69, 9.17) is 9.47 Å². The largest absolute Gasteiger partial charge is 0.486 e. The molecule has 0 saturated carbocycles. The summed E-state index contributed by atoms with van der Waals surface area (Å²) in [7, 11) is 0. The van der Waals surface area contributed by atoms with Crippen LogP contribution in [0.5, 0.6) is 11.5 Å². The number of rotatable bonds is 5. The Kier molecular flexibility index (Phi) is 5.73. The Morgan fingerprint density at radius 2 is 1.89 bits per heavy atom. The van der Waals surface area contributed by atoms with Crippen molar-refractivity contribution in [2.75, 3.05) is 44.7 Å². The lowest BCUT2D eigenvalue weighted by atomic mass is 10.2. The number of anilines is 1. The lowest BCUT2D eigenvalue weighted by Gasteiger charge is -2.37. The highest BCUT2D eigenvalue weighted by molar-refractivity contribution is 5.94. The third-order valence-electron chi connectivity index (χ3n) is 5.26. The number of pyridine rings is 1. The molecule has 4 rings (SSSR count). The molecule has 1 atom stereocenters. The van der Waals surface area contributed by atoms with Crippen LogP contribution in [0.15, 0.2) is 42.6 Å². The third-order valence-corrected chi connectivity index (χ3v) is 5.26. The minimum Gasteiger partial charge on any atom is -0.486 e. The lowest BCUT2D eigenvalue weighted by molar-refractivity contribution is -0.121. The molecule has 7 nitrogen and oxygen atoms in total. The van der Waals surface area contributed by atoms with Gasteiger partial charge in [0.25, 0.3) is 0 Å². The maximum absolute atomic E-state index is 12.7. The number of piperazine rings is 1. The number of carbonyl (C=O) groups is 1. The lowest BCUT2D eigenvalue weighted by Crippen LogP contribution is -2.52. The first-order valence-corrected chi connectivity index (χ1v) is 9.76. The van der Waals surface area contributed by atoms with Gasteiger partial charge in [-0.1, -0.05) is 6.07 Å². The molecule has 1 saturated heterocycles. The Hall–Kier alpha value is -2.64. The first-order chi connectivity index (χ1) is 13.7. The van der Waals surface area contributed by atoms with Crippen molar-refractivity contribution in [3.05, 3.63) is 48.3 Å². The second-order valence-electron chi connectivity index (χ2n) is 7.16. The fourth-order valence-corrected chi connectivity index (χ4v) is 3.56. The van der Waals surface area contributed by atoms with E-state index in [1.165, 1.54) is 0 Å². The number of aromatic nitrogens is 1. The average Bonchev–Trinajstić information content (AvgIpc) is 2.74. The van der Waals surface area contributed by atoms with Crippen LogP contribution in [-0.2, 0) is 11.3 Å². The molecule has 1 amide bonds. The molecule has 1 fully saturated rings. The Morgan fingerprint density at radius 3 is 2.64 bits per heavy atom. The van der Waals surface area contributed by atoms with E-state index < -0.39 is 0 Å². The predicted molar refractivity (Wildman–Crippen MR) is 107 cm³/mol. The minimum absolute atomic E-state index is 0.00476. The monoisotopic (exact) mass is 382 g/mol. The van der Waals surface area contributed by atoms with Crippen molar-refractivity contribution in [3.63, 3.8) is 0 Å². The average molecular weight is 382 g/mol. The van der Waals surface area contributed by atoms with Gasteiger partial charge in [-0.15, -0.1) is 0 Å². The van der Waals surface area contributed by atoms with E-state index in [1.807, 2.05) is 43.5 Å². The molecule has 0 radical (unpaired) electrons. The zero-order valence-corrected chi connectivity index (χ0v) is 16.1. The summed E-state index contributed by atoms with van der Waals surface area (Å²) in [5.41, 5.74) is 1.82. The van der Waals surface area contributed by atoms with Gasteiger partial charge in [-0.2, -0.15) is 0 Å². The summed E-state index contributed by atoms with van der Waals surface area (Å²) >= 11 is 0. The van der Waals surface area contributed by atoms with Crippen molar-refractivity contribution in [3.8, 4) is 11.5 Å². The van der Waals surface area contributed by atoms with Crippen LogP contribution < -0.4 is 14.8 Å². The molecule has 2 aromatic rings. The number of ether oxygens (including phenoxy) is 2. The van der Waals surface area contributed by atoms with Gasteiger partial charge in [-0.05, 0) is 31.2 Å². The van der Waals surface area contributed by atoms with Crippen LogP contribution in [0.4, 0.5) is 5.69 Å². The van der Waals surface area contributed by atoms with Crippen LogP contribution in [0.1, 0.15) is 12.6 Å². The molecule has 0 bridgehead atoms. The van der Waals surface area contributed by atoms with Gasteiger partial charge < -0.3 is 14.8 Å². The van der Waals surface area contributed by atoms with Crippen LogP contribution in [0, 0.1) is 0 Å². The molecule has 1 N–H and O–H groups in total. The van der Waals surface area contributed by atoms with Crippen molar-refractivity contribution in [1.29, 1.82) is 0 Å². The maximum atomic E-state index is 12.7. The van der Waals surface area contributed by atoms with E-state index in [2.05, 4.69) is 26.2 Å². The smallest absolute Gasteiger partial charge is 0.241 e. The number of hydrogen-bond donors (Lipinski definition) is 1. The first-order valence-electron chi connectivity index (χ1n) is 9.76. The van der Waals surface area contributed by atoms with Gasteiger partial charge in [-0.3, -0.25) is 19.6 Å². The zero-order valence-electron chi connectivity index (χ0n) is 16.1. The number of nitrogens with zero attached hydrogens (tertiary/aromatic N) is 3. The summed E-state index contributed by atoms with van der Waals surface area (Å²) in [4.78, 5) is 21.7. The Labute approximate surface area is 165 Å². The fourth-order valence-electron chi connectivity index (χ4n) is 3.56. The topological polar surface area (TPSA) is 66.9 Å². The number of benzene rings is 1. The number of amides is 1. The summed E-state index contributed by atoms with van der Waals surface area (Å²) in [5.74, 6) is 1.40. The highest BCUT2D eigenvalue weighted by Gasteiger charge is 2.26. The zero-order chi connectivity index (χ0) is 19.3. The standard InChI is InChI=1S/C21H26N4O3/c1-16(21(26)23-17-5-6-19-20(14-17)28-13-12-27-19)25-10-8-24(9-11-25)15-18-4-2-3-7-22-18/h2-7,14,16H,8-13,15H2,1H3,(H,23,26). The molecular weight excluding hydrogens is 356 g/mol. The van der Waals surface area contributed by atoms with E-state index in [0.29, 0.717) is 19.0 Å². The van der Waals surface area contributed by atoms with E-state index in [1.54, 1.807) is 0 Å². The quantitative estimate of drug-likeness (QED) is 0.853. The van der Waals surface area contributed by atoms with Gasteiger partial charge >= 0.3 is 0 Å². The Morgan fingerprint density at radius 1 is 1.11 bits per heavy atom. The van der Waals surface area contributed by atoms with Crippen LogP contribution in [-0.4, -0.2) is 66.1 Å². The van der Waals surface area contributed by atoms with Gasteiger partial charge in [0.15, 0.2) is 11.5 Å². The summed E-state index contributed by atoms with van der Waals surface area (Å²) in [6, 6.07) is 11.3. The van der Waals surface area contributed by atoms with Crippen LogP contribution >= 0.6 is 0 Å². The van der Waals surface area contributed by atoms with Crippen molar-refractivity contribution in [1.82, 2.24) is 14.8 Å². The van der Waals surface area contributed by atoms with E-state index >= 15 is 0 Å². The second-order valence-corrected chi connectivity index (χ2v) is 7.16. The van der Waals surface area contributed by atoms with E-state index in [-0.39, 0.29) is 11.9 Å². The van der Waals surface area contributed by atoms with Crippen molar-refractivity contribution >= 4 is 11.6 Å². The van der Waals surface area contributed by atoms with Crippen molar-refractivity contribution < 1.29 is 14.3 Å². The summed E-state index contributed by atoms with van der Waals surface area (Å²) in [6.45, 7) is 7.49. The highest BCUT2D eigenvalue weighted by atomic mass is 16.6.